The highest BCUT2D eigenvalue weighted by atomic mass is 79.9. The second-order valence-corrected chi connectivity index (χ2v) is 7.19. The summed E-state index contributed by atoms with van der Waals surface area (Å²) in [5.74, 6) is 0. The lowest BCUT2D eigenvalue weighted by Gasteiger charge is -2.09. The average Bonchev–Trinajstić information content (AvgIpc) is 2.92. The topological polar surface area (TPSA) is 58.4 Å². The van der Waals surface area contributed by atoms with Crippen LogP contribution in [-0.4, -0.2) is 16.8 Å². The molecule has 2 aromatic carbocycles. The van der Waals surface area contributed by atoms with Crippen molar-refractivity contribution in [3.63, 3.8) is 0 Å². The number of aromatic nitrogens is 1. The lowest BCUT2D eigenvalue weighted by molar-refractivity contribution is 0.252. The molecule has 0 unspecified atom stereocenters. The first kappa shape index (κ1) is 18.9. The molecule has 2 N–H and O–H groups in total. The molecule has 0 saturated carbocycles. The van der Waals surface area contributed by atoms with E-state index in [1.54, 1.807) is 6.21 Å². The van der Waals surface area contributed by atoms with Gasteiger partial charge in [-0.1, -0.05) is 34.1 Å². The second kappa shape index (κ2) is 8.22. The first-order chi connectivity index (χ1) is 13.0. The molecular formula is C21H21BrN4O. The summed E-state index contributed by atoms with van der Waals surface area (Å²) in [6.07, 6.45) is 1.66. The maximum Gasteiger partial charge on any atom is 0.339 e. The van der Waals surface area contributed by atoms with E-state index in [-0.39, 0.29) is 6.03 Å². The third-order valence-corrected chi connectivity index (χ3v) is 4.85. The Hall–Kier alpha value is -2.86. The van der Waals surface area contributed by atoms with Crippen LogP contribution in [0.5, 0.6) is 0 Å². The minimum Gasteiger partial charge on any atom is -0.318 e. The fourth-order valence-corrected chi connectivity index (χ4v) is 3.19. The molecule has 6 heteroatoms. The van der Waals surface area contributed by atoms with Crippen molar-refractivity contribution in [2.75, 3.05) is 5.32 Å². The Bertz CT molecular complexity index is 990. The van der Waals surface area contributed by atoms with E-state index in [0.717, 1.165) is 38.4 Å². The summed E-state index contributed by atoms with van der Waals surface area (Å²) in [7, 11) is 0. The predicted molar refractivity (Wildman–Crippen MR) is 114 cm³/mol. The third kappa shape index (κ3) is 4.46. The summed E-state index contributed by atoms with van der Waals surface area (Å²) < 4.78 is 3.20. The van der Waals surface area contributed by atoms with Gasteiger partial charge >= 0.3 is 6.03 Å². The monoisotopic (exact) mass is 424 g/mol. The number of amides is 2. The number of nitrogens with one attached hydrogen (secondary N) is 2. The molecule has 0 fully saturated rings. The lowest BCUT2D eigenvalue weighted by atomic mass is 10.2. The van der Waals surface area contributed by atoms with Crippen LogP contribution >= 0.6 is 15.9 Å². The van der Waals surface area contributed by atoms with E-state index in [1.165, 1.54) is 0 Å². The molecule has 0 spiro atoms. The van der Waals surface area contributed by atoms with E-state index in [1.807, 2.05) is 63.2 Å². The summed E-state index contributed by atoms with van der Waals surface area (Å²) in [6, 6.07) is 17.4. The Balaban J connectivity index is 1.71. The molecule has 1 aromatic heterocycles. The van der Waals surface area contributed by atoms with Crippen molar-refractivity contribution in [1.29, 1.82) is 0 Å². The molecule has 0 atom stereocenters. The predicted octanol–water partition coefficient (Wildman–Crippen LogP) is 5.32. The second-order valence-electron chi connectivity index (χ2n) is 6.28. The van der Waals surface area contributed by atoms with Gasteiger partial charge in [-0.15, -0.1) is 0 Å². The van der Waals surface area contributed by atoms with E-state index >= 15 is 0 Å². The fraction of sp³-hybridized carbons (Fsp3) is 0.143. The molecule has 0 aliphatic heterocycles. The zero-order chi connectivity index (χ0) is 19.4. The Kier molecular flexibility index (Phi) is 5.76. The van der Waals surface area contributed by atoms with Gasteiger partial charge in [-0.2, -0.15) is 5.10 Å². The number of benzene rings is 2. The maximum absolute atomic E-state index is 12.0. The van der Waals surface area contributed by atoms with Gasteiger partial charge in [-0.25, -0.2) is 10.2 Å². The molecule has 1 heterocycles. The van der Waals surface area contributed by atoms with Crippen LogP contribution in [0, 0.1) is 20.8 Å². The van der Waals surface area contributed by atoms with Crippen molar-refractivity contribution >= 4 is 33.9 Å². The van der Waals surface area contributed by atoms with E-state index in [4.69, 9.17) is 0 Å². The molecular weight excluding hydrogens is 404 g/mol. The van der Waals surface area contributed by atoms with Gasteiger partial charge in [0, 0.05) is 32.8 Å². The number of halogens is 1. The first-order valence-corrected chi connectivity index (χ1v) is 9.35. The van der Waals surface area contributed by atoms with Gasteiger partial charge in [0.25, 0.3) is 0 Å². The zero-order valence-corrected chi connectivity index (χ0v) is 17.0. The van der Waals surface area contributed by atoms with Crippen LogP contribution in [0.15, 0.2) is 64.2 Å². The van der Waals surface area contributed by atoms with Crippen LogP contribution in [0.4, 0.5) is 10.5 Å². The maximum atomic E-state index is 12.0. The molecule has 27 heavy (non-hydrogen) atoms. The lowest BCUT2D eigenvalue weighted by Crippen LogP contribution is -2.24. The summed E-state index contributed by atoms with van der Waals surface area (Å²) in [4.78, 5) is 12.0. The molecule has 0 radical (unpaired) electrons. The Morgan fingerprint density at radius 1 is 1.07 bits per heavy atom. The number of urea groups is 1. The van der Waals surface area contributed by atoms with Crippen molar-refractivity contribution in [3.05, 3.63) is 81.6 Å². The van der Waals surface area contributed by atoms with Crippen molar-refractivity contribution in [2.24, 2.45) is 5.10 Å². The number of anilines is 1. The van der Waals surface area contributed by atoms with E-state index in [0.29, 0.717) is 0 Å². The van der Waals surface area contributed by atoms with Crippen LogP contribution < -0.4 is 10.7 Å². The van der Waals surface area contributed by atoms with E-state index < -0.39 is 0 Å². The van der Waals surface area contributed by atoms with Gasteiger partial charge in [0.15, 0.2) is 0 Å². The van der Waals surface area contributed by atoms with Gasteiger partial charge in [-0.3, -0.25) is 0 Å². The quantitative estimate of drug-likeness (QED) is 0.431. The van der Waals surface area contributed by atoms with Gasteiger partial charge in [0.05, 0.1) is 6.21 Å². The normalized spacial score (nSPS) is 11.0. The standard InChI is InChI=1S/C21H21BrN4O/c1-14-6-4-5-7-20(14)24-21(27)25-23-13-17-12-15(2)26(16(17)3)19-10-8-18(22)9-11-19/h4-13H,1-3H3,(H2,24,25,27). The van der Waals surface area contributed by atoms with Crippen molar-refractivity contribution < 1.29 is 4.79 Å². The molecule has 0 bridgehead atoms. The van der Waals surface area contributed by atoms with Crippen LogP contribution in [-0.2, 0) is 0 Å². The number of rotatable bonds is 4. The Morgan fingerprint density at radius 3 is 2.48 bits per heavy atom. The van der Waals surface area contributed by atoms with Gasteiger partial charge < -0.3 is 9.88 Å². The summed E-state index contributed by atoms with van der Waals surface area (Å²) >= 11 is 3.46. The van der Waals surface area contributed by atoms with Crippen LogP contribution in [0.2, 0.25) is 0 Å². The van der Waals surface area contributed by atoms with Gasteiger partial charge in [-0.05, 0) is 62.7 Å². The van der Waals surface area contributed by atoms with E-state index in [2.05, 4.69) is 48.5 Å². The molecule has 2 amide bonds. The molecule has 0 aliphatic carbocycles. The van der Waals surface area contributed by atoms with Gasteiger partial charge in [0.2, 0.25) is 0 Å². The SMILES string of the molecule is Cc1ccccc1NC(=O)NN=Cc1cc(C)n(-c2ccc(Br)cc2)c1C. The van der Waals surface area contributed by atoms with E-state index in [9.17, 15) is 4.79 Å². The van der Waals surface area contributed by atoms with Crippen molar-refractivity contribution in [1.82, 2.24) is 9.99 Å². The molecule has 3 rings (SSSR count). The number of para-hydroxylation sites is 1. The molecule has 3 aromatic rings. The fourth-order valence-electron chi connectivity index (χ4n) is 2.93. The third-order valence-electron chi connectivity index (χ3n) is 4.32. The number of hydrogen-bond acceptors (Lipinski definition) is 2. The summed E-state index contributed by atoms with van der Waals surface area (Å²) in [6.45, 7) is 6.02. The van der Waals surface area contributed by atoms with Gasteiger partial charge in [0.1, 0.15) is 0 Å². The summed E-state index contributed by atoms with van der Waals surface area (Å²) in [5, 5.41) is 6.87. The number of hydrogen-bond donors (Lipinski definition) is 2. The molecule has 0 aliphatic rings. The van der Waals surface area contributed by atoms with Crippen LogP contribution in [0.3, 0.4) is 0 Å². The Morgan fingerprint density at radius 2 is 1.78 bits per heavy atom. The summed E-state index contributed by atoms with van der Waals surface area (Å²) in [5.41, 5.74) is 8.46. The average molecular weight is 425 g/mol. The molecule has 5 nitrogen and oxygen atoms in total. The Labute approximate surface area is 167 Å². The van der Waals surface area contributed by atoms with Crippen LogP contribution in [0.1, 0.15) is 22.5 Å². The molecule has 138 valence electrons. The minimum atomic E-state index is -0.373. The highest BCUT2D eigenvalue weighted by Gasteiger charge is 2.09. The highest BCUT2D eigenvalue weighted by molar-refractivity contribution is 9.10. The number of nitrogens with zero attached hydrogens (tertiary/aromatic N) is 2. The number of aryl methyl sites for hydroxylation is 2. The van der Waals surface area contributed by atoms with Crippen molar-refractivity contribution in [2.45, 2.75) is 20.8 Å². The number of hydrazone groups is 1. The highest BCUT2D eigenvalue weighted by Crippen LogP contribution is 2.21. The molecule has 0 saturated heterocycles. The number of carbonyl (C=O) groups is 1. The first-order valence-electron chi connectivity index (χ1n) is 8.56. The van der Waals surface area contributed by atoms with Crippen LogP contribution in [0.25, 0.3) is 5.69 Å². The smallest absolute Gasteiger partial charge is 0.318 e. The largest absolute Gasteiger partial charge is 0.339 e. The number of carbonyl (C=O) groups excluding carboxylic acids is 1. The minimum absolute atomic E-state index is 0.373. The zero-order valence-electron chi connectivity index (χ0n) is 15.5. The van der Waals surface area contributed by atoms with Crippen molar-refractivity contribution in [3.8, 4) is 5.69 Å².